The minimum Gasteiger partial charge on any atom is -0.371 e. The second kappa shape index (κ2) is 13.6. The van der Waals surface area contributed by atoms with Crippen LogP contribution in [0, 0.1) is 0 Å². The Morgan fingerprint density at radius 3 is 2.04 bits per heavy atom. The van der Waals surface area contributed by atoms with Crippen LogP contribution >= 0.6 is 0 Å². The smallest absolute Gasteiger partial charge is 0.239 e. The molecule has 4 aromatic rings. The molecule has 2 aromatic heterocycles. The number of hydrogen-bond donors (Lipinski definition) is 2. The van der Waals surface area contributed by atoms with Gasteiger partial charge < -0.3 is 20.4 Å². The van der Waals surface area contributed by atoms with Crippen molar-refractivity contribution in [2.75, 3.05) is 46.6 Å². The van der Waals surface area contributed by atoms with E-state index in [0.29, 0.717) is 23.7 Å². The summed E-state index contributed by atoms with van der Waals surface area (Å²) in [6, 6.07) is 14.8. The molecule has 51 heavy (non-hydrogen) atoms. The lowest BCUT2D eigenvalue weighted by Crippen LogP contribution is -2.40. The molecule has 9 rings (SSSR count). The van der Waals surface area contributed by atoms with E-state index in [0.717, 1.165) is 71.5 Å². The van der Waals surface area contributed by atoms with Crippen molar-refractivity contribution in [2.24, 2.45) is 20.0 Å². The number of allylic oxidation sites excluding steroid dienone is 2. The van der Waals surface area contributed by atoms with Gasteiger partial charge in [0.2, 0.25) is 17.9 Å². The van der Waals surface area contributed by atoms with Crippen molar-refractivity contribution in [3.8, 4) is 0 Å². The van der Waals surface area contributed by atoms with E-state index in [4.69, 9.17) is 9.98 Å². The number of nitrogens with one attached hydrogen (secondary N) is 2. The standard InChI is InChI=1S/C38H37N13/c1-3-16-49(17-4-1)26-8-10-29(31(20-26)45-35-24-39-14-15-40-35)33-22-28-23-34(48-38-44-25-43-37(47-33)51(28)38)30-11-9-27(50-18-5-2-6-19-50)21-32(30)46-36-41-12-7-13-42-36/h7-15,20-25H,1-6,16-19H2,(H,40,45)(H,41,42,46). The molecular weight excluding hydrogens is 639 g/mol. The topological polar surface area (TPSA) is 135 Å². The van der Waals surface area contributed by atoms with Crippen molar-refractivity contribution in [2.45, 2.75) is 38.5 Å². The van der Waals surface area contributed by atoms with Crippen LogP contribution < -0.4 is 20.4 Å². The normalized spacial score (nSPS) is 18.2. The molecule has 0 radical (unpaired) electrons. The van der Waals surface area contributed by atoms with Crippen molar-refractivity contribution >= 4 is 64.2 Å². The fraction of sp³-hybridized carbons (Fsp3) is 0.263. The first-order valence-corrected chi connectivity index (χ1v) is 17.6. The van der Waals surface area contributed by atoms with E-state index in [-0.39, 0.29) is 0 Å². The quantitative estimate of drug-likeness (QED) is 0.214. The molecule has 13 nitrogen and oxygen atoms in total. The highest BCUT2D eigenvalue weighted by Gasteiger charge is 2.32. The predicted molar refractivity (Wildman–Crippen MR) is 203 cm³/mol. The zero-order chi connectivity index (χ0) is 34.0. The number of nitrogens with zero attached hydrogens (tertiary/aromatic N) is 11. The lowest BCUT2D eigenvalue weighted by molar-refractivity contribution is 0.578. The number of anilines is 6. The minimum atomic E-state index is 0.506. The lowest BCUT2D eigenvalue weighted by atomic mass is 10.0. The molecule has 2 aromatic carbocycles. The lowest BCUT2D eigenvalue weighted by Gasteiger charge is -2.33. The summed E-state index contributed by atoms with van der Waals surface area (Å²) in [5.41, 5.74) is 8.32. The van der Waals surface area contributed by atoms with Crippen molar-refractivity contribution in [1.29, 1.82) is 0 Å². The van der Waals surface area contributed by atoms with Gasteiger partial charge in [-0.25, -0.2) is 39.8 Å². The van der Waals surface area contributed by atoms with Gasteiger partial charge in [-0.3, -0.25) is 4.98 Å². The van der Waals surface area contributed by atoms with E-state index in [1.54, 1.807) is 31.0 Å². The molecule has 0 atom stereocenters. The summed E-state index contributed by atoms with van der Waals surface area (Å²) in [5, 5.41) is 6.99. The number of rotatable bonds is 8. The molecule has 0 unspecified atom stereocenters. The third-order valence-electron chi connectivity index (χ3n) is 9.65. The first kappa shape index (κ1) is 30.8. The summed E-state index contributed by atoms with van der Waals surface area (Å²) < 4.78 is 0. The van der Waals surface area contributed by atoms with Crippen molar-refractivity contribution in [3.63, 3.8) is 0 Å². The first-order valence-electron chi connectivity index (χ1n) is 17.6. The van der Waals surface area contributed by atoms with E-state index < -0.39 is 0 Å². The molecule has 0 spiro atoms. The molecule has 0 aliphatic carbocycles. The van der Waals surface area contributed by atoms with Gasteiger partial charge in [-0.1, -0.05) is 0 Å². The Bertz CT molecular complexity index is 2020. The number of guanidine groups is 2. The second-order valence-electron chi connectivity index (χ2n) is 13.0. The Kier molecular flexibility index (Phi) is 8.20. The zero-order valence-corrected chi connectivity index (χ0v) is 28.2. The Labute approximate surface area is 296 Å². The molecule has 0 bridgehead atoms. The molecule has 2 N–H and O–H groups in total. The molecule has 0 saturated carbocycles. The Morgan fingerprint density at radius 2 is 1.33 bits per heavy atom. The minimum absolute atomic E-state index is 0.506. The van der Waals surface area contributed by atoms with Crippen molar-refractivity contribution in [1.82, 2.24) is 24.8 Å². The van der Waals surface area contributed by atoms with E-state index in [1.165, 1.54) is 50.6 Å². The maximum Gasteiger partial charge on any atom is 0.239 e. The van der Waals surface area contributed by atoms with Crippen LogP contribution in [0.15, 0.2) is 111 Å². The van der Waals surface area contributed by atoms with Crippen LogP contribution in [0.3, 0.4) is 0 Å². The Morgan fingerprint density at radius 1 is 0.627 bits per heavy atom. The van der Waals surface area contributed by atoms with Gasteiger partial charge >= 0.3 is 0 Å². The van der Waals surface area contributed by atoms with Gasteiger partial charge in [-0.15, -0.1) is 0 Å². The summed E-state index contributed by atoms with van der Waals surface area (Å²) in [6.45, 7) is 4.17. The number of piperidine rings is 2. The maximum absolute atomic E-state index is 5.03. The van der Waals surface area contributed by atoms with Crippen LogP contribution in [0.4, 0.5) is 34.5 Å². The van der Waals surface area contributed by atoms with Crippen LogP contribution in [-0.4, -0.2) is 75.0 Å². The second-order valence-corrected chi connectivity index (χ2v) is 13.0. The summed E-state index contributed by atoms with van der Waals surface area (Å²) in [7, 11) is 0. The maximum atomic E-state index is 5.03. The highest BCUT2D eigenvalue weighted by atomic mass is 15.4. The molecule has 0 amide bonds. The van der Waals surface area contributed by atoms with Crippen LogP contribution in [0.25, 0.3) is 5.70 Å². The van der Waals surface area contributed by atoms with Gasteiger partial charge in [0.25, 0.3) is 0 Å². The monoisotopic (exact) mass is 675 g/mol. The number of aromatic nitrogens is 4. The largest absolute Gasteiger partial charge is 0.371 e. The average molecular weight is 676 g/mol. The van der Waals surface area contributed by atoms with E-state index in [1.807, 2.05) is 11.0 Å². The highest BCUT2D eigenvalue weighted by molar-refractivity contribution is 6.24. The van der Waals surface area contributed by atoms with E-state index in [2.05, 4.69) is 98.9 Å². The molecule has 7 heterocycles. The van der Waals surface area contributed by atoms with Crippen LogP contribution in [0.5, 0.6) is 0 Å². The number of hydrogen-bond acceptors (Lipinski definition) is 13. The van der Waals surface area contributed by atoms with Crippen molar-refractivity contribution < 1.29 is 0 Å². The summed E-state index contributed by atoms with van der Waals surface area (Å²) in [5.74, 6) is 2.19. The van der Waals surface area contributed by atoms with E-state index in [9.17, 15) is 0 Å². The van der Waals surface area contributed by atoms with E-state index >= 15 is 0 Å². The molecule has 13 heteroatoms. The van der Waals surface area contributed by atoms with Crippen LogP contribution in [0.2, 0.25) is 0 Å². The number of benzene rings is 2. The summed E-state index contributed by atoms with van der Waals surface area (Å²) in [4.78, 5) is 43.7. The molecule has 2 saturated heterocycles. The van der Waals surface area contributed by atoms with Gasteiger partial charge in [0.05, 0.1) is 34.7 Å². The third kappa shape index (κ3) is 6.33. The van der Waals surface area contributed by atoms with Gasteiger partial charge in [-0.05, 0) is 93.1 Å². The zero-order valence-electron chi connectivity index (χ0n) is 28.2. The SMILES string of the molecule is C1=NC2=NC(c3ccc(N4CCCCC4)cc3Nc3cnccn3)=CC3=CC(c4ccc(N5CCCCC5)cc4Nc4ncccn4)=NC(=N1)N32. The van der Waals surface area contributed by atoms with Crippen molar-refractivity contribution in [3.05, 3.63) is 102 Å². The molecule has 2 fully saturated rings. The van der Waals surface area contributed by atoms with Gasteiger partial charge in [0.1, 0.15) is 12.2 Å². The highest BCUT2D eigenvalue weighted by Crippen LogP contribution is 2.37. The summed E-state index contributed by atoms with van der Waals surface area (Å²) in [6.07, 6.45) is 21.5. The Balaban J connectivity index is 1.12. The van der Waals surface area contributed by atoms with Crippen LogP contribution in [0.1, 0.15) is 49.7 Å². The molecule has 5 aliphatic heterocycles. The van der Waals surface area contributed by atoms with Crippen LogP contribution in [-0.2, 0) is 0 Å². The first-order chi connectivity index (χ1) is 25.2. The molecule has 254 valence electrons. The molecular formula is C38H37N13. The average Bonchev–Trinajstić information content (AvgIpc) is 3.19. The fourth-order valence-corrected chi connectivity index (χ4v) is 7.13. The third-order valence-corrected chi connectivity index (χ3v) is 9.65. The predicted octanol–water partition coefficient (Wildman–Crippen LogP) is 6.53. The number of aliphatic imine (C=N–C) groups is 4. The van der Waals surface area contributed by atoms with Gasteiger partial charge in [0, 0.05) is 73.5 Å². The molecule has 5 aliphatic rings. The Hall–Kier alpha value is -6.24. The fourth-order valence-electron chi connectivity index (χ4n) is 7.13. The van der Waals surface area contributed by atoms with Gasteiger partial charge in [-0.2, -0.15) is 0 Å². The van der Waals surface area contributed by atoms with Gasteiger partial charge in [0.15, 0.2) is 0 Å². The summed E-state index contributed by atoms with van der Waals surface area (Å²) >= 11 is 0.